The molecule has 0 heterocycles. The highest BCUT2D eigenvalue weighted by Gasteiger charge is 2.30. The molecule has 0 spiro atoms. The molecular formula is C16H12Br2F3NO2. The Morgan fingerprint density at radius 2 is 1.96 bits per heavy atom. The van der Waals surface area contributed by atoms with Crippen LogP contribution in [0.25, 0.3) is 0 Å². The molecular weight excluding hydrogens is 455 g/mol. The fraction of sp³-hybridized carbons (Fsp3) is 0.188. The Balaban J connectivity index is 2.42. The first-order chi connectivity index (χ1) is 11.2. The Labute approximate surface area is 153 Å². The molecule has 24 heavy (non-hydrogen) atoms. The molecule has 2 rings (SSSR count). The van der Waals surface area contributed by atoms with Crippen LogP contribution in [-0.2, 0) is 6.18 Å². The van der Waals surface area contributed by atoms with Gasteiger partial charge >= 0.3 is 6.18 Å². The van der Waals surface area contributed by atoms with Crippen LogP contribution in [0.15, 0.2) is 44.3 Å². The maximum Gasteiger partial charge on any atom is 0.416 e. The summed E-state index contributed by atoms with van der Waals surface area (Å²) in [6.07, 6.45) is -3.16. The number of hydrogen-bond donors (Lipinski definition) is 1. The van der Waals surface area contributed by atoms with Crippen molar-refractivity contribution in [2.75, 3.05) is 6.61 Å². The van der Waals surface area contributed by atoms with Crippen LogP contribution in [0, 0.1) is 0 Å². The molecule has 3 nitrogen and oxygen atoms in total. The Morgan fingerprint density at radius 3 is 2.58 bits per heavy atom. The summed E-state index contributed by atoms with van der Waals surface area (Å²) in [4.78, 5) is 4.02. The maximum absolute atomic E-state index is 12.7. The zero-order valence-corrected chi connectivity index (χ0v) is 15.5. The summed E-state index contributed by atoms with van der Waals surface area (Å²) >= 11 is 6.62. The average molecular weight is 467 g/mol. The molecule has 0 aliphatic carbocycles. The van der Waals surface area contributed by atoms with Crippen molar-refractivity contribution < 1.29 is 23.0 Å². The molecule has 0 saturated carbocycles. The van der Waals surface area contributed by atoms with Gasteiger partial charge in [-0.3, -0.25) is 4.99 Å². The van der Waals surface area contributed by atoms with E-state index in [1.807, 2.05) is 0 Å². The van der Waals surface area contributed by atoms with Crippen molar-refractivity contribution in [1.82, 2.24) is 0 Å². The van der Waals surface area contributed by atoms with Crippen LogP contribution in [0.3, 0.4) is 0 Å². The number of aromatic hydroxyl groups is 1. The summed E-state index contributed by atoms with van der Waals surface area (Å²) in [7, 11) is 0. The van der Waals surface area contributed by atoms with Crippen LogP contribution < -0.4 is 4.74 Å². The van der Waals surface area contributed by atoms with E-state index in [4.69, 9.17) is 4.74 Å². The number of phenols is 1. The molecule has 0 aliphatic rings. The quantitative estimate of drug-likeness (QED) is 0.554. The normalized spacial score (nSPS) is 11.9. The lowest BCUT2D eigenvalue weighted by atomic mass is 10.2. The third-order valence-corrected chi connectivity index (χ3v) is 5.02. The zero-order chi connectivity index (χ0) is 17.9. The van der Waals surface area contributed by atoms with E-state index in [1.54, 1.807) is 13.0 Å². The van der Waals surface area contributed by atoms with E-state index in [-0.39, 0.29) is 17.2 Å². The number of aliphatic imine (C=N–C) groups is 1. The lowest BCUT2D eigenvalue weighted by Gasteiger charge is -2.11. The minimum Gasteiger partial charge on any atom is -0.504 e. The van der Waals surface area contributed by atoms with Crippen molar-refractivity contribution in [3.8, 4) is 11.5 Å². The van der Waals surface area contributed by atoms with Crippen molar-refractivity contribution in [3.05, 3.63) is 50.4 Å². The fourth-order valence-corrected chi connectivity index (χ4v) is 2.72. The van der Waals surface area contributed by atoms with E-state index in [2.05, 4.69) is 36.9 Å². The van der Waals surface area contributed by atoms with Crippen LogP contribution in [0.5, 0.6) is 11.5 Å². The minimum atomic E-state index is -4.44. The Bertz CT molecular complexity index is 777. The van der Waals surface area contributed by atoms with Gasteiger partial charge in [0.1, 0.15) is 0 Å². The van der Waals surface area contributed by atoms with Crippen molar-refractivity contribution >= 4 is 43.8 Å². The number of hydrogen-bond acceptors (Lipinski definition) is 3. The lowest BCUT2D eigenvalue weighted by molar-refractivity contribution is -0.137. The molecule has 0 atom stereocenters. The van der Waals surface area contributed by atoms with Crippen LogP contribution in [0.1, 0.15) is 18.1 Å². The fourth-order valence-electron chi connectivity index (χ4n) is 1.90. The summed E-state index contributed by atoms with van der Waals surface area (Å²) in [6, 6.07) is 6.21. The average Bonchev–Trinajstić information content (AvgIpc) is 2.52. The van der Waals surface area contributed by atoms with E-state index in [0.717, 1.165) is 12.1 Å². The number of ether oxygens (including phenoxy) is 1. The molecule has 0 amide bonds. The van der Waals surface area contributed by atoms with E-state index in [1.165, 1.54) is 18.3 Å². The lowest BCUT2D eigenvalue weighted by Crippen LogP contribution is -2.03. The van der Waals surface area contributed by atoms with Crippen molar-refractivity contribution in [3.63, 3.8) is 0 Å². The first-order valence-electron chi connectivity index (χ1n) is 6.79. The topological polar surface area (TPSA) is 41.8 Å². The molecule has 0 aliphatic heterocycles. The van der Waals surface area contributed by atoms with Crippen LogP contribution >= 0.6 is 31.9 Å². The minimum absolute atomic E-state index is 0.120. The molecule has 0 saturated heterocycles. The summed E-state index contributed by atoms with van der Waals surface area (Å²) < 4.78 is 44.6. The van der Waals surface area contributed by atoms with Gasteiger partial charge in [-0.05, 0) is 63.0 Å². The molecule has 0 radical (unpaired) electrons. The van der Waals surface area contributed by atoms with Gasteiger partial charge in [0.25, 0.3) is 0 Å². The number of nitrogens with zero attached hydrogens (tertiary/aromatic N) is 1. The number of halogens is 5. The molecule has 2 aromatic rings. The van der Waals surface area contributed by atoms with Crippen molar-refractivity contribution in [2.24, 2.45) is 4.99 Å². The molecule has 0 bridgehead atoms. The number of alkyl halides is 3. The Morgan fingerprint density at radius 1 is 1.25 bits per heavy atom. The standard InChI is InChI=1S/C16H12Br2F3NO2/c1-2-24-13-7-12(17)14(18)11(15(13)23)8-22-10-5-3-4-9(6-10)16(19,20)21/h3-8,23H,2H2,1H3. The van der Waals surface area contributed by atoms with Gasteiger partial charge in [0.15, 0.2) is 11.5 Å². The van der Waals surface area contributed by atoms with Crippen molar-refractivity contribution in [1.29, 1.82) is 0 Å². The zero-order valence-electron chi connectivity index (χ0n) is 12.4. The summed E-state index contributed by atoms with van der Waals surface area (Å²) in [5, 5.41) is 10.2. The summed E-state index contributed by atoms with van der Waals surface area (Å²) in [5.74, 6) is 0.0979. The van der Waals surface area contributed by atoms with Gasteiger partial charge < -0.3 is 9.84 Å². The van der Waals surface area contributed by atoms with E-state index < -0.39 is 11.7 Å². The van der Waals surface area contributed by atoms with Crippen LogP contribution in [0.2, 0.25) is 0 Å². The van der Waals surface area contributed by atoms with Gasteiger partial charge in [0, 0.05) is 15.2 Å². The van der Waals surface area contributed by atoms with Crippen LogP contribution in [0.4, 0.5) is 18.9 Å². The van der Waals surface area contributed by atoms with Crippen LogP contribution in [-0.4, -0.2) is 17.9 Å². The predicted molar refractivity (Wildman–Crippen MR) is 93.4 cm³/mol. The van der Waals surface area contributed by atoms with E-state index >= 15 is 0 Å². The second-order valence-corrected chi connectivity index (χ2v) is 6.32. The molecule has 128 valence electrons. The van der Waals surface area contributed by atoms with Gasteiger partial charge in [-0.1, -0.05) is 6.07 Å². The molecule has 1 N–H and O–H groups in total. The smallest absolute Gasteiger partial charge is 0.416 e. The molecule has 0 fully saturated rings. The predicted octanol–water partition coefficient (Wildman–Crippen LogP) is 6.09. The third kappa shape index (κ3) is 4.30. The molecule has 0 unspecified atom stereocenters. The number of rotatable bonds is 4. The molecule has 8 heteroatoms. The van der Waals surface area contributed by atoms with Crippen molar-refractivity contribution in [2.45, 2.75) is 13.1 Å². The van der Waals surface area contributed by atoms with Gasteiger partial charge in [-0.25, -0.2) is 0 Å². The van der Waals surface area contributed by atoms with Gasteiger partial charge in [0.2, 0.25) is 0 Å². The Kier molecular flexibility index (Phi) is 5.92. The molecule has 2 aromatic carbocycles. The van der Waals surface area contributed by atoms with E-state index in [9.17, 15) is 18.3 Å². The highest BCUT2D eigenvalue weighted by molar-refractivity contribution is 9.13. The SMILES string of the molecule is CCOc1cc(Br)c(Br)c(C=Nc2cccc(C(F)(F)F)c2)c1O. The highest BCUT2D eigenvalue weighted by Crippen LogP contribution is 2.40. The van der Waals surface area contributed by atoms with Gasteiger partial charge in [-0.2, -0.15) is 13.2 Å². The first kappa shape index (κ1) is 18.8. The summed E-state index contributed by atoms with van der Waals surface area (Å²) in [5.41, 5.74) is -0.371. The van der Waals surface area contributed by atoms with Gasteiger partial charge in [-0.15, -0.1) is 0 Å². The second kappa shape index (κ2) is 7.57. The van der Waals surface area contributed by atoms with Gasteiger partial charge in [0.05, 0.1) is 23.4 Å². The first-order valence-corrected chi connectivity index (χ1v) is 8.37. The highest BCUT2D eigenvalue weighted by atomic mass is 79.9. The van der Waals surface area contributed by atoms with E-state index in [0.29, 0.717) is 21.1 Å². The number of benzene rings is 2. The number of phenolic OH excluding ortho intramolecular Hbond substituents is 1. The molecule has 0 aromatic heterocycles. The second-order valence-electron chi connectivity index (χ2n) is 4.67. The largest absolute Gasteiger partial charge is 0.504 e. The third-order valence-electron chi connectivity index (χ3n) is 3.01. The summed E-state index contributed by atoms with van der Waals surface area (Å²) in [6.45, 7) is 2.12. The maximum atomic E-state index is 12.7. The monoisotopic (exact) mass is 465 g/mol. The Hall–Kier alpha value is -1.54.